The first-order valence-corrected chi connectivity index (χ1v) is 10.8. The van der Waals surface area contributed by atoms with Gasteiger partial charge in [0.1, 0.15) is 6.29 Å². The Morgan fingerprint density at radius 2 is 1.88 bits per heavy atom. The summed E-state index contributed by atoms with van der Waals surface area (Å²) in [6.45, 7) is 12.8. The zero-order chi connectivity index (χ0) is 25.6. The first-order chi connectivity index (χ1) is 15.8. The molecule has 0 bridgehead atoms. The summed E-state index contributed by atoms with van der Waals surface area (Å²) in [6.07, 6.45) is 6.04. The van der Waals surface area contributed by atoms with Crippen molar-refractivity contribution < 1.29 is 14.3 Å². The second-order valence-electron chi connectivity index (χ2n) is 6.75. The number of nitrogens with one attached hydrogen (secondary N) is 1. The van der Waals surface area contributed by atoms with Crippen molar-refractivity contribution in [3.8, 4) is 0 Å². The Balaban J connectivity index is 0. The van der Waals surface area contributed by atoms with E-state index < -0.39 is 0 Å². The van der Waals surface area contributed by atoms with E-state index in [0.717, 1.165) is 6.29 Å². The smallest absolute Gasteiger partial charge is 0.224 e. The lowest BCUT2D eigenvalue weighted by Crippen LogP contribution is -2.36. The van der Waals surface area contributed by atoms with Crippen molar-refractivity contribution in [1.82, 2.24) is 25.1 Å². The van der Waals surface area contributed by atoms with Crippen molar-refractivity contribution in [2.45, 2.75) is 20.3 Å². The highest BCUT2D eigenvalue weighted by molar-refractivity contribution is 5.79. The van der Waals surface area contributed by atoms with Gasteiger partial charge >= 0.3 is 0 Å². The minimum atomic E-state index is -0.104. The van der Waals surface area contributed by atoms with Crippen molar-refractivity contribution in [1.29, 1.82) is 0 Å². The van der Waals surface area contributed by atoms with Gasteiger partial charge in [-0.1, -0.05) is 33.1 Å². The number of hydrogen-bond donors (Lipinski definition) is 2. The lowest BCUT2D eigenvalue weighted by atomic mass is 10.2. The summed E-state index contributed by atoms with van der Waals surface area (Å²) in [5, 5.41) is 4.36. The van der Waals surface area contributed by atoms with Crippen molar-refractivity contribution in [3.63, 3.8) is 0 Å². The number of methoxy groups -OCH3 is 1. The van der Waals surface area contributed by atoms with Gasteiger partial charge in [-0.25, -0.2) is 5.84 Å². The molecule has 0 aliphatic carbocycles. The molecule has 0 aliphatic heterocycles. The van der Waals surface area contributed by atoms with Crippen LogP contribution in [-0.4, -0.2) is 86.5 Å². The highest BCUT2D eigenvalue weighted by atomic mass is 16.4. The van der Waals surface area contributed by atoms with Gasteiger partial charge in [0.05, 0.1) is 24.5 Å². The van der Waals surface area contributed by atoms with Crippen LogP contribution < -0.4 is 11.2 Å². The van der Waals surface area contributed by atoms with E-state index in [9.17, 15) is 9.59 Å². The molecule has 0 saturated heterocycles. The summed E-state index contributed by atoms with van der Waals surface area (Å²) >= 11 is 0. The van der Waals surface area contributed by atoms with Crippen LogP contribution in [0.5, 0.6) is 0 Å². The molecule has 3 N–H and O–H groups in total. The molecule has 1 aromatic rings. The summed E-state index contributed by atoms with van der Waals surface area (Å²) in [6, 6.07) is 5.47. The largest absolute Gasteiger partial charge is 0.388 e. The molecule has 1 rings (SSSR count). The summed E-state index contributed by atoms with van der Waals surface area (Å²) in [5.41, 5.74) is 1.82. The van der Waals surface area contributed by atoms with Crippen LogP contribution in [0.4, 0.5) is 0 Å². The van der Waals surface area contributed by atoms with Crippen LogP contribution in [-0.2, 0) is 14.3 Å². The number of aromatic nitrogens is 1. The number of hydrazine groups is 1. The van der Waals surface area contributed by atoms with Crippen molar-refractivity contribution in [3.05, 3.63) is 61.2 Å². The molecule has 0 fully saturated rings. The van der Waals surface area contributed by atoms with E-state index in [-0.39, 0.29) is 19.0 Å². The molecule has 33 heavy (non-hydrogen) atoms. The van der Waals surface area contributed by atoms with E-state index >= 15 is 0 Å². The fourth-order valence-corrected chi connectivity index (χ4v) is 2.33. The summed E-state index contributed by atoms with van der Waals surface area (Å²) in [7, 11) is 7.04. The molecular weight excluding hydrogens is 420 g/mol. The van der Waals surface area contributed by atoms with Gasteiger partial charge in [0.2, 0.25) is 5.91 Å². The Labute approximate surface area is 199 Å². The zero-order valence-electron chi connectivity index (χ0n) is 21.1. The number of ether oxygens (including phenoxy) is 1. The van der Waals surface area contributed by atoms with Gasteiger partial charge in [-0.3, -0.25) is 14.8 Å². The van der Waals surface area contributed by atoms with Crippen LogP contribution in [0.2, 0.25) is 0 Å². The number of rotatable bonds is 13. The number of carbonyl (C=O) groups is 2. The van der Waals surface area contributed by atoms with Crippen LogP contribution in [0.3, 0.4) is 0 Å². The molecule has 9 heteroatoms. The van der Waals surface area contributed by atoms with E-state index in [4.69, 9.17) is 5.84 Å². The molecule has 1 aromatic heterocycles. The summed E-state index contributed by atoms with van der Waals surface area (Å²) in [5.74, 6) is 6.14. The molecule has 9 nitrogen and oxygen atoms in total. The SMILES string of the molecule is C=CNCC(=C)N(N)/C(=C\CN(CC=O)C(=O)CCN(C)C)c1ccccn1.CC.COC. The minimum Gasteiger partial charge on any atom is -0.388 e. The minimum absolute atomic E-state index is 0.0157. The normalized spacial score (nSPS) is 10.1. The molecule has 0 atom stereocenters. The molecule has 1 amide bonds. The number of nitrogens with two attached hydrogens (primary N) is 1. The van der Waals surface area contributed by atoms with Gasteiger partial charge in [-0.2, -0.15) is 0 Å². The van der Waals surface area contributed by atoms with Crippen LogP contribution in [0.15, 0.2) is 55.5 Å². The molecule has 1 heterocycles. The van der Waals surface area contributed by atoms with E-state index in [2.05, 4.69) is 28.2 Å². The molecule has 186 valence electrons. The van der Waals surface area contributed by atoms with Crippen LogP contribution >= 0.6 is 0 Å². The first kappa shape index (κ1) is 32.2. The number of nitrogens with zero attached hydrogens (tertiary/aromatic N) is 4. The summed E-state index contributed by atoms with van der Waals surface area (Å²) < 4.78 is 4.25. The average Bonchev–Trinajstić information content (AvgIpc) is 2.82. The van der Waals surface area contributed by atoms with E-state index in [0.29, 0.717) is 36.6 Å². The van der Waals surface area contributed by atoms with E-state index in [1.807, 2.05) is 45.0 Å². The predicted molar refractivity (Wildman–Crippen MR) is 136 cm³/mol. The molecule has 0 unspecified atom stereocenters. The van der Waals surface area contributed by atoms with Gasteiger partial charge in [0.25, 0.3) is 0 Å². The van der Waals surface area contributed by atoms with Gasteiger partial charge < -0.3 is 24.6 Å². The number of carbonyl (C=O) groups excluding carboxylic acids is 2. The average molecular weight is 463 g/mol. The van der Waals surface area contributed by atoms with Crippen LogP contribution in [0, 0.1) is 0 Å². The molecule has 0 aliphatic rings. The second-order valence-corrected chi connectivity index (χ2v) is 6.75. The molecule has 0 spiro atoms. The Bertz CT molecular complexity index is 707. The molecular formula is C24H42N6O3. The highest BCUT2D eigenvalue weighted by Crippen LogP contribution is 2.17. The third-order valence-corrected chi connectivity index (χ3v) is 3.90. The maximum absolute atomic E-state index is 12.4. The van der Waals surface area contributed by atoms with Gasteiger partial charge in [0.15, 0.2) is 0 Å². The standard InChI is InChI=1S/C20H30N6O2.C2H6O.C2H6/c1-5-22-16-17(2)26(21)19(18-8-6-7-11-23-18)9-13-25(14-15-27)20(28)10-12-24(3)4;1-3-2;1-2/h5-9,11,15,22H,1-2,10,12-14,16,21H2,3-4H3;1-2H3;1-2H3/b19-9-;;. The van der Waals surface area contributed by atoms with Crippen molar-refractivity contribution in [2.24, 2.45) is 5.84 Å². The maximum atomic E-state index is 12.4. The monoisotopic (exact) mass is 462 g/mol. The third kappa shape index (κ3) is 14.6. The zero-order valence-corrected chi connectivity index (χ0v) is 21.1. The van der Waals surface area contributed by atoms with Crippen LogP contribution in [0.25, 0.3) is 5.70 Å². The quantitative estimate of drug-likeness (QED) is 0.261. The number of aldehydes is 1. The molecule has 0 radical (unpaired) electrons. The fraction of sp³-hybridized carbons (Fsp3) is 0.458. The number of hydrogen-bond acceptors (Lipinski definition) is 8. The number of amides is 1. The Kier molecular flexibility index (Phi) is 20.3. The topological polar surface area (TPSA) is 104 Å². The maximum Gasteiger partial charge on any atom is 0.224 e. The van der Waals surface area contributed by atoms with E-state index in [1.165, 1.54) is 9.91 Å². The predicted octanol–water partition coefficient (Wildman–Crippen LogP) is 2.11. The molecule has 0 saturated carbocycles. The van der Waals surface area contributed by atoms with Crippen LogP contribution in [0.1, 0.15) is 26.0 Å². The second kappa shape index (κ2) is 20.9. The lowest BCUT2D eigenvalue weighted by Gasteiger charge is -2.25. The fourth-order valence-electron chi connectivity index (χ4n) is 2.33. The van der Waals surface area contributed by atoms with Crippen molar-refractivity contribution in [2.75, 3.05) is 54.5 Å². The highest BCUT2D eigenvalue weighted by Gasteiger charge is 2.16. The number of pyridine rings is 1. The van der Waals surface area contributed by atoms with Crippen molar-refractivity contribution >= 4 is 17.9 Å². The van der Waals surface area contributed by atoms with E-state index in [1.54, 1.807) is 38.8 Å². The third-order valence-electron chi connectivity index (χ3n) is 3.90. The Morgan fingerprint density at radius 1 is 1.24 bits per heavy atom. The van der Waals surface area contributed by atoms with Gasteiger partial charge in [-0.15, -0.1) is 0 Å². The Morgan fingerprint density at radius 3 is 2.36 bits per heavy atom. The lowest BCUT2D eigenvalue weighted by molar-refractivity contribution is -0.132. The van der Waals surface area contributed by atoms with Gasteiger partial charge in [-0.05, 0) is 38.5 Å². The Hall–Kier alpha value is -3.01. The first-order valence-electron chi connectivity index (χ1n) is 10.8. The van der Waals surface area contributed by atoms with Gasteiger partial charge in [0, 0.05) is 45.6 Å². The molecule has 0 aromatic carbocycles. The summed E-state index contributed by atoms with van der Waals surface area (Å²) in [4.78, 5) is 31.2.